The summed E-state index contributed by atoms with van der Waals surface area (Å²) in [7, 11) is 1.23. The van der Waals surface area contributed by atoms with Gasteiger partial charge in [-0.3, -0.25) is 14.8 Å². The summed E-state index contributed by atoms with van der Waals surface area (Å²) >= 11 is 0. The molecule has 25 heavy (non-hydrogen) atoms. The van der Waals surface area contributed by atoms with Crippen LogP contribution in [0.15, 0.2) is 30.6 Å². The van der Waals surface area contributed by atoms with Crippen LogP contribution in [0.4, 0.5) is 17.1 Å². The monoisotopic (exact) mass is 346 g/mol. The first-order valence-electron chi connectivity index (χ1n) is 7.84. The summed E-state index contributed by atoms with van der Waals surface area (Å²) in [5.41, 5.74) is 0.981. The van der Waals surface area contributed by atoms with E-state index in [-0.39, 0.29) is 17.4 Å². The van der Waals surface area contributed by atoms with Crippen LogP contribution in [0.5, 0.6) is 0 Å². The number of rotatable bonds is 6. The zero-order chi connectivity index (χ0) is 17.8. The van der Waals surface area contributed by atoms with Crippen molar-refractivity contribution in [3.63, 3.8) is 0 Å². The molecule has 1 atom stereocenters. The highest BCUT2D eigenvalue weighted by atomic mass is 16.6. The predicted molar refractivity (Wildman–Crippen MR) is 88.9 cm³/mol. The summed E-state index contributed by atoms with van der Waals surface area (Å²) in [6.07, 6.45) is 5.65. The summed E-state index contributed by atoms with van der Waals surface area (Å²) < 4.78 is 12.0. The second kappa shape index (κ2) is 7.31. The average Bonchev–Trinajstić information content (AvgIpc) is 3.27. The van der Waals surface area contributed by atoms with Crippen molar-refractivity contribution in [2.45, 2.75) is 25.5 Å². The maximum absolute atomic E-state index is 11.9. The van der Waals surface area contributed by atoms with E-state index >= 15 is 0 Å². The molecule has 0 bridgehead atoms. The van der Waals surface area contributed by atoms with E-state index in [9.17, 15) is 14.9 Å². The first-order valence-corrected chi connectivity index (χ1v) is 7.84. The van der Waals surface area contributed by atoms with Gasteiger partial charge in [-0.15, -0.1) is 0 Å². The lowest BCUT2D eigenvalue weighted by atomic mass is 10.1. The smallest absolute Gasteiger partial charge is 0.340 e. The molecule has 0 amide bonds. The van der Waals surface area contributed by atoms with E-state index < -0.39 is 10.9 Å². The Morgan fingerprint density at radius 2 is 2.40 bits per heavy atom. The van der Waals surface area contributed by atoms with Crippen LogP contribution < -0.4 is 5.32 Å². The van der Waals surface area contributed by atoms with Crippen LogP contribution in [-0.2, 0) is 16.0 Å². The molecular formula is C16H18N4O5. The van der Waals surface area contributed by atoms with Crippen molar-refractivity contribution in [2.75, 3.05) is 19.0 Å². The normalized spacial score (nSPS) is 16.6. The highest BCUT2D eigenvalue weighted by Crippen LogP contribution is 2.26. The first-order chi connectivity index (χ1) is 12.1. The van der Waals surface area contributed by atoms with Crippen molar-refractivity contribution in [1.29, 1.82) is 0 Å². The van der Waals surface area contributed by atoms with Crippen molar-refractivity contribution in [3.8, 4) is 0 Å². The molecule has 0 aliphatic carbocycles. The van der Waals surface area contributed by atoms with Gasteiger partial charge in [0.25, 0.3) is 5.69 Å². The Kier molecular flexibility index (Phi) is 4.94. The molecule has 9 nitrogen and oxygen atoms in total. The van der Waals surface area contributed by atoms with Crippen molar-refractivity contribution in [3.05, 3.63) is 46.3 Å². The molecule has 1 aliphatic heterocycles. The first kappa shape index (κ1) is 16.9. The number of nitro groups is 1. The minimum atomic E-state index is -0.655. The number of benzene rings is 1. The Morgan fingerprint density at radius 1 is 1.56 bits per heavy atom. The predicted octanol–water partition coefficient (Wildman–Crippen LogP) is 2.50. The van der Waals surface area contributed by atoms with Crippen LogP contribution in [-0.4, -0.2) is 40.5 Å². The number of nitrogens with one attached hydrogen (secondary N) is 1. The van der Waals surface area contributed by atoms with Crippen LogP contribution >= 0.6 is 0 Å². The van der Waals surface area contributed by atoms with E-state index in [1.165, 1.54) is 25.3 Å². The zero-order valence-corrected chi connectivity index (χ0v) is 13.7. The van der Waals surface area contributed by atoms with Gasteiger partial charge in [0.15, 0.2) is 0 Å². The Morgan fingerprint density at radius 3 is 3.08 bits per heavy atom. The standard InChI is InChI=1S/C16H18N4O5/c1-24-16(21)14-7-12(20(22)23)4-5-15(14)18-11-8-17-19(9-11)10-13-3-2-6-25-13/h4-5,7-9,13,18H,2-3,6,10H2,1H3/t13-/m0/s1. The number of aromatic nitrogens is 2. The molecule has 1 aliphatic rings. The summed E-state index contributed by atoms with van der Waals surface area (Å²) in [4.78, 5) is 22.3. The number of esters is 1. The maximum Gasteiger partial charge on any atom is 0.340 e. The molecule has 1 aromatic carbocycles. The number of hydrogen-bond acceptors (Lipinski definition) is 7. The van der Waals surface area contributed by atoms with Gasteiger partial charge in [0.2, 0.25) is 0 Å². The summed E-state index contributed by atoms with van der Waals surface area (Å²) in [5, 5.41) is 18.2. The fourth-order valence-electron chi connectivity index (χ4n) is 2.71. The van der Waals surface area contributed by atoms with E-state index in [1.54, 1.807) is 17.1 Å². The zero-order valence-electron chi connectivity index (χ0n) is 13.7. The van der Waals surface area contributed by atoms with Gasteiger partial charge in [-0.2, -0.15) is 5.10 Å². The van der Waals surface area contributed by atoms with Gasteiger partial charge in [0, 0.05) is 24.9 Å². The molecule has 0 spiro atoms. The van der Waals surface area contributed by atoms with Gasteiger partial charge < -0.3 is 14.8 Å². The van der Waals surface area contributed by atoms with E-state index in [0.29, 0.717) is 17.9 Å². The maximum atomic E-state index is 11.9. The second-order valence-corrected chi connectivity index (χ2v) is 5.69. The number of carbonyl (C=O) groups is 1. The largest absolute Gasteiger partial charge is 0.465 e. The lowest BCUT2D eigenvalue weighted by Crippen LogP contribution is -2.15. The summed E-state index contributed by atoms with van der Waals surface area (Å²) in [6, 6.07) is 3.98. The van der Waals surface area contributed by atoms with Gasteiger partial charge in [0.05, 0.1) is 47.8 Å². The van der Waals surface area contributed by atoms with E-state index in [0.717, 1.165) is 19.4 Å². The number of hydrogen-bond donors (Lipinski definition) is 1. The van der Waals surface area contributed by atoms with Gasteiger partial charge >= 0.3 is 5.97 Å². The minimum absolute atomic E-state index is 0.0866. The Balaban J connectivity index is 1.78. The van der Waals surface area contributed by atoms with E-state index in [1.807, 2.05) is 0 Å². The second-order valence-electron chi connectivity index (χ2n) is 5.69. The van der Waals surface area contributed by atoms with Crippen molar-refractivity contribution in [2.24, 2.45) is 0 Å². The van der Waals surface area contributed by atoms with Gasteiger partial charge in [-0.1, -0.05) is 0 Å². The molecule has 0 radical (unpaired) electrons. The Labute approximate surface area is 143 Å². The third-order valence-electron chi connectivity index (χ3n) is 3.95. The molecule has 3 rings (SSSR count). The fourth-order valence-corrected chi connectivity index (χ4v) is 2.71. The number of carbonyl (C=O) groups excluding carboxylic acids is 1. The molecule has 2 aromatic rings. The Hall–Kier alpha value is -2.94. The lowest BCUT2D eigenvalue weighted by Gasteiger charge is -2.10. The number of methoxy groups -OCH3 is 1. The molecule has 1 saturated heterocycles. The quantitative estimate of drug-likeness (QED) is 0.486. The Bertz CT molecular complexity index is 783. The summed E-state index contributed by atoms with van der Waals surface area (Å²) in [5.74, 6) is -0.655. The molecule has 132 valence electrons. The van der Waals surface area contributed by atoms with Gasteiger partial charge in [-0.05, 0) is 18.9 Å². The third kappa shape index (κ3) is 3.94. The van der Waals surface area contributed by atoms with Crippen LogP contribution in [0, 0.1) is 10.1 Å². The molecule has 0 unspecified atom stereocenters. The topological polar surface area (TPSA) is 109 Å². The minimum Gasteiger partial charge on any atom is -0.465 e. The van der Waals surface area contributed by atoms with Crippen LogP contribution in [0.3, 0.4) is 0 Å². The highest BCUT2D eigenvalue weighted by molar-refractivity contribution is 5.97. The van der Waals surface area contributed by atoms with Crippen LogP contribution in [0.1, 0.15) is 23.2 Å². The van der Waals surface area contributed by atoms with Crippen molar-refractivity contribution < 1.29 is 19.2 Å². The number of nitrogens with zero attached hydrogens (tertiary/aromatic N) is 3. The molecule has 1 aromatic heterocycles. The molecule has 9 heteroatoms. The average molecular weight is 346 g/mol. The van der Waals surface area contributed by atoms with Crippen molar-refractivity contribution in [1.82, 2.24) is 9.78 Å². The van der Waals surface area contributed by atoms with Gasteiger partial charge in [-0.25, -0.2) is 4.79 Å². The van der Waals surface area contributed by atoms with Crippen LogP contribution in [0.25, 0.3) is 0 Å². The van der Waals surface area contributed by atoms with Crippen LogP contribution in [0.2, 0.25) is 0 Å². The number of ether oxygens (including phenoxy) is 2. The number of anilines is 2. The lowest BCUT2D eigenvalue weighted by molar-refractivity contribution is -0.384. The highest BCUT2D eigenvalue weighted by Gasteiger charge is 2.19. The van der Waals surface area contributed by atoms with E-state index in [2.05, 4.69) is 10.4 Å². The molecule has 2 heterocycles. The van der Waals surface area contributed by atoms with Crippen molar-refractivity contribution >= 4 is 23.0 Å². The fraction of sp³-hybridized carbons (Fsp3) is 0.375. The number of non-ortho nitro benzene ring substituents is 1. The summed E-state index contributed by atoms with van der Waals surface area (Å²) in [6.45, 7) is 1.44. The molecular weight excluding hydrogens is 328 g/mol. The van der Waals surface area contributed by atoms with Gasteiger partial charge in [0.1, 0.15) is 0 Å². The molecule has 1 N–H and O–H groups in total. The molecule has 1 fully saturated rings. The molecule has 0 saturated carbocycles. The third-order valence-corrected chi connectivity index (χ3v) is 3.95. The SMILES string of the molecule is COC(=O)c1cc([N+](=O)[O-])ccc1Nc1cnn(C[C@@H]2CCCO2)c1. The van der Waals surface area contributed by atoms with E-state index in [4.69, 9.17) is 9.47 Å². The number of nitro benzene ring substituents is 1.